The van der Waals surface area contributed by atoms with Crippen LogP contribution in [0.3, 0.4) is 0 Å². The lowest BCUT2D eigenvalue weighted by Crippen LogP contribution is -2.39. The normalized spacial score (nSPS) is 12.1. The first kappa shape index (κ1) is 20.3. The van der Waals surface area contributed by atoms with Gasteiger partial charge in [-0.25, -0.2) is 0 Å². The number of nitrogens with one attached hydrogen (secondary N) is 2. The number of amides is 2. The fourth-order valence-corrected chi connectivity index (χ4v) is 2.26. The minimum atomic E-state index is -4.45. The monoisotopic (exact) mass is 380 g/mol. The Hall–Kier alpha value is -3.03. The summed E-state index contributed by atoms with van der Waals surface area (Å²) in [5, 5.41) is 4.93. The molecule has 0 fully saturated rings. The predicted molar refractivity (Wildman–Crippen MR) is 92.9 cm³/mol. The van der Waals surface area contributed by atoms with E-state index in [1.54, 1.807) is 31.2 Å². The molecule has 2 aromatic carbocycles. The molecule has 0 heterocycles. The van der Waals surface area contributed by atoms with Gasteiger partial charge in [0.25, 0.3) is 5.91 Å². The molecule has 27 heavy (non-hydrogen) atoms. The van der Waals surface area contributed by atoms with E-state index in [0.717, 1.165) is 12.1 Å². The molecule has 0 radical (unpaired) electrons. The van der Waals surface area contributed by atoms with Crippen LogP contribution >= 0.6 is 0 Å². The minimum absolute atomic E-state index is 0.250. The summed E-state index contributed by atoms with van der Waals surface area (Å²) in [7, 11) is 0. The van der Waals surface area contributed by atoms with Gasteiger partial charge in [-0.3, -0.25) is 9.59 Å². The molecule has 0 aliphatic rings. The van der Waals surface area contributed by atoms with Crippen LogP contribution in [0.5, 0.6) is 5.75 Å². The van der Waals surface area contributed by atoms with Gasteiger partial charge >= 0.3 is 6.18 Å². The Morgan fingerprint density at radius 2 is 1.74 bits per heavy atom. The van der Waals surface area contributed by atoms with E-state index < -0.39 is 29.6 Å². The van der Waals surface area contributed by atoms with E-state index in [1.165, 1.54) is 12.1 Å². The quantitative estimate of drug-likeness (QED) is 0.776. The zero-order valence-electron chi connectivity index (χ0n) is 14.5. The molecule has 2 rings (SSSR count). The van der Waals surface area contributed by atoms with Gasteiger partial charge in [-0.2, -0.15) is 13.2 Å². The van der Waals surface area contributed by atoms with E-state index in [2.05, 4.69) is 10.6 Å². The standard InChI is InChI=1S/C19H19F3N2O3/c1-13(14-6-5-7-15(10-14)19(20,21)22)24-17(25)11-23-18(26)12-27-16-8-3-2-4-9-16/h2-10,13H,11-12H2,1H3,(H,23,26)(H,24,25)/t13-/m0/s1. The lowest BCUT2D eigenvalue weighted by molar-refractivity contribution is -0.137. The summed E-state index contributed by atoms with van der Waals surface area (Å²) in [4.78, 5) is 23.6. The summed E-state index contributed by atoms with van der Waals surface area (Å²) < 4.78 is 43.5. The van der Waals surface area contributed by atoms with Crippen molar-refractivity contribution in [2.24, 2.45) is 0 Å². The van der Waals surface area contributed by atoms with Crippen LogP contribution < -0.4 is 15.4 Å². The van der Waals surface area contributed by atoms with E-state index in [4.69, 9.17) is 4.74 Å². The van der Waals surface area contributed by atoms with Crippen molar-refractivity contribution < 1.29 is 27.5 Å². The summed E-state index contributed by atoms with van der Waals surface area (Å²) in [6.45, 7) is 1.01. The highest BCUT2D eigenvalue weighted by molar-refractivity contribution is 5.85. The van der Waals surface area contributed by atoms with Gasteiger partial charge in [0.1, 0.15) is 5.75 Å². The number of alkyl halides is 3. The average molecular weight is 380 g/mol. The van der Waals surface area contributed by atoms with Crippen LogP contribution in [0.4, 0.5) is 13.2 Å². The number of rotatable bonds is 7. The molecule has 0 saturated heterocycles. The molecule has 5 nitrogen and oxygen atoms in total. The highest BCUT2D eigenvalue weighted by atomic mass is 19.4. The van der Waals surface area contributed by atoms with Gasteiger partial charge in [0.2, 0.25) is 5.91 Å². The molecule has 0 aliphatic heterocycles. The Kier molecular flexibility index (Phi) is 6.81. The Morgan fingerprint density at radius 3 is 2.41 bits per heavy atom. The molecule has 0 bridgehead atoms. The van der Waals surface area contributed by atoms with Crippen LogP contribution in [-0.4, -0.2) is 25.0 Å². The highest BCUT2D eigenvalue weighted by Crippen LogP contribution is 2.30. The molecule has 0 spiro atoms. The van der Waals surface area contributed by atoms with Crippen LogP contribution in [0.15, 0.2) is 54.6 Å². The first-order valence-electron chi connectivity index (χ1n) is 8.17. The summed E-state index contributed by atoms with van der Waals surface area (Å²) in [6.07, 6.45) is -4.45. The maximum absolute atomic E-state index is 12.8. The van der Waals surface area contributed by atoms with Crippen molar-refractivity contribution in [3.63, 3.8) is 0 Å². The van der Waals surface area contributed by atoms with Crippen LogP contribution in [0.25, 0.3) is 0 Å². The number of hydrogen-bond donors (Lipinski definition) is 2. The fraction of sp³-hybridized carbons (Fsp3) is 0.263. The molecule has 0 aliphatic carbocycles. The second kappa shape index (κ2) is 9.07. The first-order chi connectivity index (χ1) is 12.8. The van der Waals surface area contributed by atoms with E-state index >= 15 is 0 Å². The van der Waals surface area contributed by atoms with Gasteiger partial charge < -0.3 is 15.4 Å². The molecule has 0 aromatic heterocycles. The summed E-state index contributed by atoms with van der Waals surface area (Å²) in [5.74, 6) is -0.482. The van der Waals surface area contributed by atoms with Crippen molar-refractivity contribution in [1.29, 1.82) is 0 Å². The zero-order valence-corrected chi connectivity index (χ0v) is 14.5. The SMILES string of the molecule is C[C@H](NC(=O)CNC(=O)COc1ccccc1)c1cccc(C(F)(F)F)c1. The Bertz CT molecular complexity index is 779. The van der Waals surface area contributed by atoms with Gasteiger partial charge in [0.15, 0.2) is 6.61 Å². The number of carbonyl (C=O) groups is 2. The molecule has 2 amide bonds. The lowest BCUT2D eigenvalue weighted by atomic mass is 10.0. The van der Waals surface area contributed by atoms with Crippen molar-refractivity contribution in [1.82, 2.24) is 10.6 Å². The van der Waals surface area contributed by atoms with Gasteiger partial charge in [-0.05, 0) is 36.8 Å². The zero-order chi connectivity index (χ0) is 19.9. The summed E-state index contributed by atoms with van der Waals surface area (Å²) >= 11 is 0. The molecule has 0 saturated carbocycles. The number of benzene rings is 2. The maximum atomic E-state index is 12.8. The van der Waals surface area contributed by atoms with Gasteiger partial charge in [-0.15, -0.1) is 0 Å². The smallest absolute Gasteiger partial charge is 0.416 e. The van der Waals surface area contributed by atoms with E-state index in [1.807, 2.05) is 6.07 Å². The Labute approximate surface area is 154 Å². The van der Waals surface area contributed by atoms with E-state index in [0.29, 0.717) is 11.3 Å². The highest BCUT2D eigenvalue weighted by Gasteiger charge is 2.30. The number of hydrogen-bond acceptors (Lipinski definition) is 3. The van der Waals surface area contributed by atoms with Crippen molar-refractivity contribution in [2.45, 2.75) is 19.1 Å². The molecule has 1 atom stereocenters. The molecule has 0 unspecified atom stereocenters. The van der Waals surface area contributed by atoms with Crippen LogP contribution in [-0.2, 0) is 15.8 Å². The number of carbonyl (C=O) groups excluding carboxylic acids is 2. The maximum Gasteiger partial charge on any atom is 0.416 e. The van der Waals surface area contributed by atoms with Crippen LogP contribution in [0.2, 0.25) is 0 Å². The molecule has 2 aromatic rings. The average Bonchev–Trinajstić information content (AvgIpc) is 2.65. The third-order valence-corrected chi connectivity index (χ3v) is 3.65. The molecule has 8 heteroatoms. The predicted octanol–water partition coefficient (Wildman–Crippen LogP) is 3.08. The second-order valence-corrected chi connectivity index (χ2v) is 5.79. The van der Waals surface area contributed by atoms with Crippen molar-refractivity contribution in [2.75, 3.05) is 13.2 Å². The van der Waals surface area contributed by atoms with Gasteiger partial charge in [0, 0.05) is 0 Å². The third kappa shape index (κ3) is 6.65. The molecule has 2 N–H and O–H groups in total. The van der Waals surface area contributed by atoms with Crippen molar-refractivity contribution in [3.05, 3.63) is 65.7 Å². The van der Waals surface area contributed by atoms with E-state index in [9.17, 15) is 22.8 Å². The summed E-state index contributed by atoms with van der Waals surface area (Å²) in [5.41, 5.74) is -0.468. The topological polar surface area (TPSA) is 67.4 Å². The van der Waals surface area contributed by atoms with Crippen LogP contribution in [0.1, 0.15) is 24.1 Å². The van der Waals surface area contributed by atoms with Crippen LogP contribution in [0, 0.1) is 0 Å². The van der Waals surface area contributed by atoms with Gasteiger partial charge in [-0.1, -0.05) is 30.3 Å². The van der Waals surface area contributed by atoms with Crippen molar-refractivity contribution in [3.8, 4) is 5.75 Å². The summed E-state index contributed by atoms with van der Waals surface area (Å²) in [6, 6.07) is 12.8. The minimum Gasteiger partial charge on any atom is -0.484 e. The number of ether oxygens (including phenoxy) is 1. The third-order valence-electron chi connectivity index (χ3n) is 3.65. The lowest BCUT2D eigenvalue weighted by Gasteiger charge is -2.16. The number of para-hydroxylation sites is 1. The Morgan fingerprint density at radius 1 is 1.04 bits per heavy atom. The fourth-order valence-electron chi connectivity index (χ4n) is 2.26. The molecular formula is C19H19F3N2O3. The van der Waals surface area contributed by atoms with Gasteiger partial charge in [0.05, 0.1) is 18.2 Å². The molecular weight excluding hydrogens is 361 g/mol. The second-order valence-electron chi connectivity index (χ2n) is 5.79. The largest absolute Gasteiger partial charge is 0.484 e. The molecule has 144 valence electrons. The van der Waals surface area contributed by atoms with Crippen molar-refractivity contribution >= 4 is 11.8 Å². The Balaban J connectivity index is 1.79. The number of halogens is 3. The van der Waals surface area contributed by atoms with E-state index in [-0.39, 0.29) is 13.2 Å². The first-order valence-corrected chi connectivity index (χ1v) is 8.17.